The molecular formula is C27H27N3O. The number of pyridine rings is 1. The summed E-state index contributed by atoms with van der Waals surface area (Å²) in [6, 6.07) is 22.9. The van der Waals surface area contributed by atoms with Gasteiger partial charge in [0.15, 0.2) is 0 Å². The molecule has 0 unspecified atom stereocenters. The number of amides is 1. The van der Waals surface area contributed by atoms with E-state index < -0.39 is 0 Å². The summed E-state index contributed by atoms with van der Waals surface area (Å²) in [6.45, 7) is 3.77. The van der Waals surface area contributed by atoms with Crippen LogP contribution in [0.25, 0.3) is 16.6 Å². The Balaban J connectivity index is 1.30. The minimum Gasteiger partial charge on any atom is -0.339 e. The SMILES string of the molecule is Cc1cc2cc(C(=O)N3CCC(Cc4ccccc4)CC3)ccc2n1-c1ccncc1. The monoisotopic (exact) mass is 409 g/mol. The first-order chi connectivity index (χ1) is 15.2. The van der Waals surface area contributed by atoms with Crippen LogP contribution >= 0.6 is 0 Å². The lowest BCUT2D eigenvalue weighted by Crippen LogP contribution is -2.38. The fourth-order valence-corrected chi connectivity index (χ4v) is 4.79. The van der Waals surface area contributed by atoms with Crippen LogP contribution < -0.4 is 0 Å². The molecule has 0 atom stereocenters. The van der Waals surface area contributed by atoms with Crippen LogP contribution in [0.2, 0.25) is 0 Å². The van der Waals surface area contributed by atoms with E-state index in [9.17, 15) is 4.79 Å². The average Bonchev–Trinajstić information content (AvgIpc) is 3.15. The van der Waals surface area contributed by atoms with E-state index in [1.54, 1.807) is 12.4 Å². The second kappa shape index (κ2) is 8.38. The van der Waals surface area contributed by atoms with Crippen LogP contribution in [0, 0.1) is 12.8 Å². The Bertz CT molecular complexity index is 1190. The van der Waals surface area contributed by atoms with Gasteiger partial charge in [0.1, 0.15) is 0 Å². The number of carbonyl (C=O) groups excluding carboxylic acids is 1. The van der Waals surface area contributed by atoms with Crippen molar-refractivity contribution >= 4 is 16.8 Å². The molecule has 1 aliphatic heterocycles. The molecule has 4 heteroatoms. The van der Waals surface area contributed by atoms with Crippen molar-refractivity contribution in [2.24, 2.45) is 5.92 Å². The topological polar surface area (TPSA) is 38.1 Å². The van der Waals surface area contributed by atoms with Crippen LogP contribution in [0.1, 0.15) is 34.5 Å². The number of hydrogen-bond acceptors (Lipinski definition) is 2. The maximum absolute atomic E-state index is 13.2. The minimum atomic E-state index is 0.148. The molecule has 5 rings (SSSR count). The van der Waals surface area contributed by atoms with Gasteiger partial charge in [-0.2, -0.15) is 0 Å². The molecule has 4 aromatic rings. The van der Waals surface area contributed by atoms with Gasteiger partial charge >= 0.3 is 0 Å². The molecule has 0 N–H and O–H groups in total. The predicted octanol–water partition coefficient (Wildman–Crippen LogP) is 5.43. The van der Waals surface area contributed by atoms with E-state index in [2.05, 4.69) is 58.9 Å². The van der Waals surface area contributed by atoms with E-state index in [0.717, 1.165) is 60.2 Å². The van der Waals surface area contributed by atoms with E-state index >= 15 is 0 Å². The van der Waals surface area contributed by atoms with Crippen molar-refractivity contribution in [2.75, 3.05) is 13.1 Å². The highest BCUT2D eigenvalue weighted by Gasteiger charge is 2.24. The van der Waals surface area contributed by atoms with Crippen LogP contribution in [-0.4, -0.2) is 33.4 Å². The number of fused-ring (bicyclic) bond motifs is 1. The van der Waals surface area contributed by atoms with Gasteiger partial charge in [-0.1, -0.05) is 30.3 Å². The molecule has 156 valence electrons. The molecule has 2 aromatic carbocycles. The standard InChI is InChI=1S/C27H27N3O/c1-20-17-24-19-23(7-8-26(24)30(20)25-9-13-28-14-10-25)27(31)29-15-11-22(12-16-29)18-21-5-3-2-4-6-21/h2-10,13-14,17,19,22H,11-12,15-16,18H2,1H3. The van der Waals surface area contributed by atoms with Crippen molar-refractivity contribution in [3.05, 3.63) is 95.9 Å². The fraction of sp³-hybridized carbons (Fsp3) is 0.259. The number of benzene rings is 2. The van der Waals surface area contributed by atoms with Gasteiger partial charge in [0, 0.05) is 47.8 Å². The predicted molar refractivity (Wildman–Crippen MR) is 125 cm³/mol. The third-order valence-electron chi connectivity index (χ3n) is 6.42. The van der Waals surface area contributed by atoms with Crippen molar-refractivity contribution in [3.63, 3.8) is 0 Å². The Morgan fingerprint density at radius 3 is 2.45 bits per heavy atom. The van der Waals surface area contributed by atoms with Gasteiger partial charge in [0.2, 0.25) is 0 Å². The van der Waals surface area contributed by atoms with Gasteiger partial charge in [-0.05, 0) is 74.1 Å². The summed E-state index contributed by atoms with van der Waals surface area (Å²) in [5.74, 6) is 0.806. The summed E-state index contributed by atoms with van der Waals surface area (Å²) in [7, 11) is 0. The second-order valence-electron chi connectivity index (χ2n) is 8.53. The normalized spacial score (nSPS) is 14.8. The van der Waals surface area contributed by atoms with E-state index in [-0.39, 0.29) is 5.91 Å². The highest BCUT2D eigenvalue weighted by molar-refractivity contribution is 5.98. The summed E-state index contributed by atoms with van der Waals surface area (Å²) < 4.78 is 2.21. The van der Waals surface area contributed by atoms with Gasteiger partial charge in [-0.15, -0.1) is 0 Å². The maximum atomic E-state index is 13.2. The van der Waals surface area contributed by atoms with Crippen molar-refractivity contribution in [1.82, 2.24) is 14.5 Å². The van der Waals surface area contributed by atoms with Gasteiger partial charge in [0.05, 0.1) is 5.52 Å². The molecule has 31 heavy (non-hydrogen) atoms. The Kier molecular flexibility index (Phi) is 5.29. The molecule has 0 spiro atoms. The van der Waals surface area contributed by atoms with E-state index in [1.165, 1.54) is 5.56 Å². The van der Waals surface area contributed by atoms with Crippen molar-refractivity contribution in [1.29, 1.82) is 0 Å². The molecular weight excluding hydrogens is 382 g/mol. The van der Waals surface area contributed by atoms with Crippen LogP contribution in [0.5, 0.6) is 0 Å². The van der Waals surface area contributed by atoms with Crippen LogP contribution in [0.15, 0.2) is 79.1 Å². The first-order valence-corrected chi connectivity index (χ1v) is 11.0. The lowest BCUT2D eigenvalue weighted by Gasteiger charge is -2.32. The summed E-state index contributed by atoms with van der Waals surface area (Å²) >= 11 is 0. The molecule has 0 bridgehead atoms. The summed E-state index contributed by atoms with van der Waals surface area (Å²) in [5, 5.41) is 1.10. The summed E-state index contributed by atoms with van der Waals surface area (Å²) in [5.41, 5.74) is 5.52. The van der Waals surface area contributed by atoms with Crippen LogP contribution in [-0.2, 0) is 6.42 Å². The fourth-order valence-electron chi connectivity index (χ4n) is 4.79. The van der Waals surface area contributed by atoms with Gasteiger partial charge in [-0.25, -0.2) is 0 Å². The Labute approximate surface area is 183 Å². The first kappa shape index (κ1) is 19.6. The molecule has 1 aliphatic rings. The third-order valence-corrected chi connectivity index (χ3v) is 6.42. The largest absolute Gasteiger partial charge is 0.339 e. The number of rotatable bonds is 4. The lowest BCUT2D eigenvalue weighted by atomic mass is 9.90. The van der Waals surface area contributed by atoms with E-state index in [1.807, 2.05) is 29.2 Å². The zero-order valence-electron chi connectivity index (χ0n) is 17.9. The van der Waals surface area contributed by atoms with Crippen LogP contribution in [0.3, 0.4) is 0 Å². The molecule has 4 nitrogen and oxygen atoms in total. The zero-order chi connectivity index (χ0) is 21.2. The number of nitrogens with zero attached hydrogens (tertiary/aromatic N) is 3. The molecule has 0 saturated carbocycles. The van der Waals surface area contributed by atoms with Gasteiger partial charge in [0.25, 0.3) is 5.91 Å². The molecule has 1 amide bonds. The Morgan fingerprint density at radius 1 is 0.968 bits per heavy atom. The molecule has 2 aromatic heterocycles. The third kappa shape index (κ3) is 3.98. The molecule has 0 radical (unpaired) electrons. The van der Waals surface area contributed by atoms with Crippen molar-refractivity contribution in [2.45, 2.75) is 26.2 Å². The van der Waals surface area contributed by atoms with Gasteiger partial charge in [-0.3, -0.25) is 9.78 Å². The number of piperidine rings is 1. The smallest absolute Gasteiger partial charge is 0.253 e. The van der Waals surface area contributed by atoms with E-state index in [4.69, 9.17) is 0 Å². The quantitative estimate of drug-likeness (QED) is 0.451. The lowest BCUT2D eigenvalue weighted by molar-refractivity contribution is 0.0690. The first-order valence-electron chi connectivity index (χ1n) is 11.0. The number of hydrogen-bond donors (Lipinski definition) is 0. The molecule has 0 aliphatic carbocycles. The Morgan fingerprint density at radius 2 is 1.71 bits per heavy atom. The highest BCUT2D eigenvalue weighted by atomic mass is 16.2. The average molecular weight is 410 g/mol. The maximum Gasteiger partial charge on any atom is 0.253 e. The molecule has 1 saturated heterocycles. The Hall–Kier alpha value is -3.40. The number of aryl methyl sites for hydroxylation is 1. The van der Waals surface area contributed by atoms with Crippen LogP contribution in [0.4, 0.5) is 0 Å². The molecule has 1 fully saturated rings. The summed E-state index contributed by atoms with van der Waals surface area (Å²) in [6.07, 6.45) is 6.86. The van der Waals surface area contributed by atoms with E-state index in [0.29, 0.717) is 5.92 Å². The van der Waals surface area contributed by atoms with Crippen molar-refractivity contribution < 1.29 is 4.79 Å². The van der Waals surface area contributed by atoms with Gasteiger partial charge < -0.3 is 9.47 Å². The number of carbonyl (C=O) groups is 1. The second-order valence-corrected chi connectivity index (χ2v) is 8.53. The number of aromatic nitrogens is 2. The minimum absolute atomic E-state index is 0.148. The number of likely N-dealkylation sites (tertiary alicyclic amines) is 1. The zero-order valence-corrected chi connectivity index (χ0v) is 17.9. The summed E-state index contributed by atoms with van der Waals surface area (Å²) in [4.78, 5) is 19.3. The highest BCUT2D eigenvalue weighted by Crippen LogP contribution is 2.27. The van der Waals surface area contributed by atoms with Crippen molar-refractivity contribution in [3.8, 4) is 5.69 Å². The molecule has 3 heterocycles.